The fourth-order valence-electron chi connectivity index (χ4n) is 1.99. The second kappa shape index (κ2) is 6.69. The fourth-order valence-corrected chi connectivity index (χ4v) is 4.32. The molecule has 0 aliphatic carbocycles. The first-order chi connectivity index (χ1) is 10.4. The van der Waals surface area contributed by atoms with Gasteiger partial charge in [-0.05, 0) is 60.7 Å². The minimum atomic E-state index is -3.72. The topological polar surface area (TPSA) is 37.4 Å². The molecule has 0 saturated carbocycles. The van der Waals surface area contributed by atoms with E-state index in [9.17, 15) is 8.42 Å². The van der Waals surface area contributed by atoms with E-state index in [0.717, 1.165) is 9.13 Å². The van der Waals surface area contributed by atoms with Crippen molar-refractivity contribution in [2.75, 3.05) is 4.31 Å². The third-order valence-corrected chi connectivity index (χ3v) is 5.92. The SMILES string of the molecule is C=C=C(C)N(c1ccccc1I)S(=O)(=O)c1ccc(C)cc1. The number of nitrogens with zero attached hydrogens (tertiary/aromatic N) is 1. The van der Waals surface area contributed by atoms with Crippen molar-refractivity contribution in [3.8, 4) is 0 Å². The maximum Gasteiger partial charge on any atom is 0.268 e. The lowest BCUT2D eigenvalue weighted by atomic mass is 10.2. The van der Waals surface area contributed by atoms with Crippen LogP contribution in [0.5, 0.6) is 0 Å². The van der Waals surface area contributed by atoms with Crippen LogP contribution >= 0.6 is 22.6 Å². The van der Waals surface area contributed by atoms with Gasteiger partial charge in [0.2, 0.25) is 0 Å². The molecule has 0 unspecified atom stereocenters. The summed E-state index contributed by atoms with van der Waals surface area (Å²) in [6.45, 7) is 7.19. The van der Waals surface area contributed by atoms with E-state index in [2.05, 4.69) is 34.9 Å². The molecule has 0 radical (unpaired) electrons. The Morgan fingerprint density at radius 3 is 2.27 bits per heavy atom. The van der Waals surface area contributed by atoms with E-state index in [1.54, 1.807) is 37.3 Å². The number of halogens is 1. The number of allylic oxidation sites excluding steroid dienone is 1. The molecule has 0 fully saturated rings. The number of anilines is 1. The molecule has 114 valence electrons. The first kappa shape index (κ1) is 16.8. The summed E-state index contributed by atoms with van der Waals surface area (Å²) in [5.74, 6) is 0. The van der Waals surface area contributed by atoms with Crippen molar-refractivity contribution >= 4 is 38.3 Å². The Morgan fingerprint density at radius 1 is 1.14 bits per heavy atom. The Morgan fingerprint density at radius 2 is 1.73 bits per heavy atom. The average Bonchev–Trinajstić information content (AvgIpc) is 2.49. The van der Waals surface area contributed by atoms with E-state index in [1.165, 1.54) is 4.31 Å². The van der Waals surface area contributed by atoms with Crippen molar-refractivity contribution in [2.24, 2.45) is 0 Å². The number of hydrogen-bond donors (Lipinski definition) is 0. The van der Waals surface area contributed by atoms with E-state index >= 15 is 0 Å². The predicted molar refractivity (Wildman–Crippen MR) is 98.3 cm³/mol. The molecular formula is C17H16INO2S. The van der Waals surface area contributed by atoms with E-state index in [0.29, 0.717) is 11.4 Å². The first-order valence-electron chi connectivity index (χ1n) is 6.61. The zero-order valence-corrected chi connectivity index (χ0v) is 15.3. The highest BCUT2D eigenvalue weighted by molar-refractivity contribution is 14.1. The van der Waals surface area contributed by atoms with Gasteiger partial charge in [-0.25, -0.2) is 12.7 Å². The molecule has 0 aliphatic heterocycles. The van der Waals surface area contributed by atoms with Gasteiger partial charge in [-0.3, -0.25) is 0 Å². The number of aryl methyl sites for hydroxylation is 1. The zero-order valence-electron chi connectivity index (χ0n) is 12.4. The molecule has 0 spiro atoms. The maximum absolute atomic E-state index is 13.0. The Balaban J connectivity index is 2.67. The Kier molecular flexibility index (Phi) is 5.11. The summed E-state index contributed by atoms with van der Waals surface area (Å²) in [5.41, 5.74) is 4.73. The van der Waals surface area contributed by atoms with Crippen LogP contribution in [0.2, 0.25) is 0 Å². The smallest absolute Gasteiger partial charge is 0.230 e. The molecule has 2 aromatic carbocycles. The molecule has 0 aromatic heterocycles. The molecule has 0 saturated heterocycles. The summed E-state index contributed by atoms with van der Waals surface area (Å²) in [7, 11) is -3.72. The van der Waals surface area contributed by atoms with Crippen molar-refractivity contribution in [3.63, 3.8) is 0 Å². The molecule has 0 bridgehead atoms. The largest absolute Gasteiger partial charge is 0.268 e. The van der Waals surface area contributed by atoms with Crippen molar-refractivity contribution in [2.45, 2.75) is 18.7 Å². The number of sulfonamides is 1. The third kappa shape index (κ3) is 3.27. The predicted octanol–water partition coefficient (Wildman–Crippen LogP) is 4.48. The summed E-state index contributed by atoms with van der Waals surface area (Å²) < 4.78 is 28.2. The third-order valence-electron chi connectivity index (χ3n) is 3.19. The lowest BCUT2D eigenvalue weighted by Crippen LogP contribution is -2.29. The molecule has 0 atom stereocenters. The van der Waals surface area contributed by atoms with E-state index in [4.69, 9.17) is 0 Å². The molecule has 2 aromatic rings. The van der Waals surface area contributed by atoms with E-state index in [1.807, 2.05) is 25.1 Å². The van der Waals surface area contributed by atoms with Gasteiger partial charge < -0.3 is 0 Å². The summed E-state index contributed by atoms with van der Waals surface area (Å²) >= 11 is 2.12. The van der Waals surface area contributed by atoms with Crippen molar-refractivity contribution < 1.29 is 8.42 Å². The molecule has 22 heavy (non-hydrogen) atoms. The van der Waals surface area contributed by atoms with Gasteiger partial charge in [-0.1, -0.05) is 36.4 Å². The van der Waals surface area contributed by atoms with E-state index in [-0.39, 0.29) is 4.90 Å². The molecule has 2 rings (SSSR count). The molecular weight excluding hydrogens is 409 g/mol. The van der Waals surface area contributed by atoms with Crippen molar-refractivity contribution in [1.82, 2.24) is 0 Å². The average molecular weight is 425 g/mol. The quantitative estimate of drug-likeness (QED) is 0.535. The van der Waals surface area contributed by atoms with Crippen LogP contribution in [0, 0.1) is 10.5 Å². The monoisotopic (exact) mass is 425 g/mol. The maximum atomic E-state index is 13.0. The normalized spacial score (nSPS) is 10.9. The van der Waals surface area contributed by atoms with Gasteiger partial charge in [-0.2, -0.15) is 0 Å². The van der Waals surface area contributed by atoms with Crippen molar-refractivity contribution in [1.29, 1.82) is 0 Å². The van der Waals surface area contributed by atoms with Gasteiger partial charge in [0.25, 0.3) is 10.0 Å². The fraction of sp³-hybridized carbons (Fsp3) is 0.118. The summed E-state index contributed by atoms with van der Waals surface area (Å²) in [6, 6.07) is 14.1. The van der Waals surface area contributed by atoms with Crippen LogP contribution in [0.4, 0.5) is 5.69 Å². The van der Waals surface area contributed by atoms with Gasteiger partial charge in [0.15, 0.2) is 0 Å². The van der Waals surface area contributed by atoms with Gasteiger partial charge in [0.1, 0.15) is 0 Å². The highest BCUT2D eigenvalue weighted by Crippen LogP contribution is 2.31. The van der Waals surface area contributed by atoms with Crippen molar-refractivity contribution in [3.05, 3.63) is 75.7 Å². The Hall–Kier alpha value is -1.56. The Bertz CT molecular complexity index is 835. The molecule has 0 heterocycles. The van der Waals surface area contributed by atoms with Crippen LogP contribution in [0.1, 0.15) is 12.5 Å². The molecule has 0 amide bonds. The van der Waals surface area contributed by atoms with E-state index < -0.39 is 10.0 Å². The Labute approximate surface area is 145 Å². The van der Waals surface area contributed by atoms with Gasteiger partial charge >= 0.3 is 0 Å². The minimum absolute atomic E-state index is 0.243. The second-order valence-corrected chi connectivity index (χ2v) is 7.74. The summed E-state index contributed by atoms with van der Waals surface area (Å²) in [5, 5.41) is 0. The lowest BCUT2D eigenvalue weighted by molar-refractivity contribution is 0.594. The van der Waals surface area contributed by atoms with Gasteiger partial charge in [0, 0.05) is 3.57 Å². The second-order valence-electron chi connectivity index (χ2n) is 4.80. The summed E-state index contributed by atoms with van der Waals surface area (Å²) in [6.07, 6.45) is 0. The van der Waals surface area contributed by atoms with Crippen LogP contribution in [0.3, 0.4) is 0 Å². The van der Waals surface area contributed by atoms with Crippen LogP contribution in [0.15, 0.2) is 71.4 Å². The number of rotatable bonds is 4. The highest BCUT2D eigenvalue weighted by Gasteiger charge is 2.27. The molecule has 0 N–H and O–H groups in total. The highest BCUT2D eigenvalue weighted by atomic mass is 127. The van der Waals surface area contributed by atoms with Crippen LogP contribution in [-0.4, -0.2) is 8.42 Å². The molecule has 0 aliphatic rings. The van der Waals surface area contributed by atoms with Gasteiger partial charge in [0.05, 0.1) is 16.3 Å². The zero-order chi connectivity index (χ0) is 16.3. The van der Waals surface area contributed by atoms with Gasteiger partial charge in [-0.15, -0.1) is 5.73 Å². The summed E-state index contributed by atoms with van der Waals surface area (Å²) in [4.78, 5) is 0.243. The number of para-hydroxylation sites is 1. The number of benzene rings is 2. The van der Waals surface area contributed by atoms with Crippen LogP contribution in [0.25, 0.3) is 0 Å². The lowest BCUT2D eigenvalue weighted by Gasteiger charge is -2.25. The standard InChI is InChI=1S/C17H16INO2S/c1-4-14(3)19(17-8-6-5-7-16(17)18)22(20,21)15-11-9-13(2)10-12-15/h5-12H,1H2,2-3H3. The minimum Gasteiger partial charge on any atom is -0.230 e. The van der Waals surface area contributed by atoms with Crippen LogP contribution in [-0.2, 0) is 10.0 Å². The van der Waals surface area contributed by atoms with Crippen LogP contribution < -0.4 is 4.31 Å². The molecule has 3 nitrogen and oxygen atoms in total. The number of hydrogen-bond acceptors (Lipinski definition) is 2. The first-order valence-corrected chi connectivity index (χ1v) is 9.13. The molecule has 5 heteroatoms.